The van der Waals surface area contributed by atoms with Crippen LogP contribution in [0.1, 0.15) is 42.7 Å². The Balaban J connectivity index is 1.18. The Hall–Kier alpha value is -2.88. The van der Waals surface area contributed by atoms with Crippen LogP contribution in [0.25, 0.3) is 11.1 Å². The molecule has 2 fully saturated rings. The largest absolute Gasteiger partial charge is 0.508 e. The number of benzene rings is 3. The summed E-state index contributed by atoms with van der Waals surface area (Å²) >= 11 is 1.47. The molecule has 8 heteroatoms. The molecule has 3 aliphatic rings. The van der Waals surface area contributed by atoms with Gasteiger partial charge in [-0.25, -0.2) is 4.79 Å². The van der Waals surface area contributed by atoms with E-state index in [-0.39, 0.29) is 24.4 Å². The summed E-state index contributed by atoms with van der Waals surface area (Å²) in [7, 11) is 0. The Kier molecular flexibility index (Phi) is 7.64. The molecule has 0 unspecified atom stereocenters. The summed E-state index contributed by atoms with van der Waals surface area (Å²) in [6, 6.07) is 25.8. The van der Waals surface area contributed by atoms with Crippen LogP contribution in [0, 0.1) is 0 Å². The van der Waals surface area contributed by atoms with E-state index < -0.39 is 42.3 Å². The number of thioether (sulfide) groups is 1. The SMILES string of the molecule is CC(C)S[C@@H]1O[C@@H]2CO[C@@H](c3ccccc3)O[C@@H]2[C@H](OC(=O)OCC2c3ccccc3-c3ccccc32)[C@H]1O. The first kappa shape index (κ1) is 26.3. The summed E-state index contributed by atoms with van der Waals surface area (Å²) in [5.74, 6) is -0.0941. The second kappa shape index (κ2) is 11.3. The van der Waals surface area contributed by atoms with Crippen molar-refractivity contribution in [1.82, 2.24) is 0 Å². The summed E-state index contributed by atoms with van der Waals surface area (Å²) in [4.78, 5) is 13.1. The molecule has 0 saturated carbocycles. The number of rotatable bonds is 6. The average molecular weight is 549 g/mol. The Morgan fingerprint density at radius 1 is 0.949 bits per heavy atom. The van der Waals surface area contributed by atoms with Gasteiger partial charge in [-0.15, -0.1) is 11.8 Å². The lowest BCUT2D eigenvalue weighted by atomic mass is 9.98. The van der Waals surface area contributed by atoms with Gasteiger partial charge in [0.15, 0.2) is 12.4 Å². The van der Waals surface area contributed by atoms with Crippen molar-refractivity contribution in [3.8, 4) is 11.1 Å². The Bertz CT molecular complexity index is 1250. The first-order valence-electron chi connectivity index (χ1n) is 13.3. The van der Waals surface area contributed by atoms with Gasteiger partial charge in [0.25, 0.3) is 0 Å². The molecule has 2 aliphatic heterocycles. The predicted octanol–water partition coefficient (Wildman–Crippen LogP) is 5.66. The van der Waals surface area contributed by atoms with E-state index in [4.69, 9.17) is 23.7 Å². The minimum atomic E-state index is -1.10. The minimum Gasteiger partial charge on any atom is -0.433 e. The lowest BCUT2D eigenvalue weighted by Gasteiger charge is -2.47. The maximum Gasteiger partial charge on any atom is 0.508 e. The van der Waals surface area contributed by atoms with Crippen molar-refractivity contribution >= 4 is 17.9 Å². The highest BCUT2D eigenvalue weighted by Crippen LogP contribution is 2.45. The highest BCUT2D eigenvalue weighted by Gasteiger charge is 2.52. The molecule has 0 bridgehead atoms. The Morgan fingerprint density at radius 2 is 1.59 bits per heavy atom. The van der Waals surface area contributed by atoms with Gasteiger partial charge >= 0.3 is 6.16 Å². The van der Waals surface area contributed by atoms with Crippen LogP contribution < -0.4 is 0 Å². The highest BCUT2D eigenvalue weighted by molar-refractivity contribution is 8.00. The van der Waals surface area contributed by atoms with Crippen molar-refractivity contribution in [2.24, 2.45) is 0 Å². The van der Waals surface area contributed by atoms with Gasteiger partial charge in [0.1, 0.15) is 30.4 Å². The molecular weight excluding hydrogens is 516 g/mol. The quantitative estimate of drug-likeness (QED) is 0.395. The average Bonchev–Trinajstić information content (AvgIpc) is 3.28. The van der Waals surface area contributed by atoms with E-state index >= 15 is 0 Å². The van der Waals surface area contributed by atoms with E-state index in [1.54, 1.807) is 0 Å². The standard InChI is InChI=1S/C31H32O7S/c1-18(2)39-30-26(32)28(27-25(36-30)17-34-29(37-27)19-10-4-3-5-11-19)38-31(33)35-16-24-22-14-8-6-12-20(22)21-13-7-9-15-23(21)24/h3-15,18,24-30,32H,16-17H2,1-2H3/t25-,26-,27+,28-,29-,30+/m1/s1. The van der Waals surface area contributed by atoms with Crippen molar-refractivity contribution in [3.05, 3.63) is 95.6 Å². The molecular formula is C31H32O7S. The third-order valence-electron chi connectivity index (χ3n) is 7.35. The molecule has 7 nitrogen and oxygen atoms in total. The molecule has 3 aromatic rings. The maximum absolute atomic E-state index is 13.1. The lowest BCUT2D eigenvalue weighted by Crippen LogP contribution is -2.62. The number of carbonyl (C=O) groups is 1. The number of ether oxygens (including phenoxy) is 5. The van der Waals surface area contributed by atoms with Gasteiger partial charge in [-0.2, -0.15) is 0 Å². The summed E-state index contributed by atoms with van der Waals surface area (Å²) in [5.41, 5.74) is 4.76. The first-order valence-corrected chi connectivity index (χ1v) is 14.3. The van der Waals surface area contributed by atoms with Crippen molar-refractivity contribution in [3.63, 3.8) is 0 Å². The summed E-state index contributed by atoms with van der Waals surface area (Å²) in [6.45, 7) is 4.42. The smallest absolute Gasteiger partial charge is 0.433 e. The van der Waals surface area contributed by atoms with Crippen molar-refractivity contribution in [1.29, 1.82) is 0 Å². The summed E-state index contributed by atoms with van der Waals surface area (Å²) in [6.07, 6.45) is -4.81. The van der Waals surface area contributed by atoms with Gasteiger partial charge in [0.2, 0.25) is 0 Å². The van der Waals surface area contributed by atoms with E-state index in [2.05, 4.69) is 24.3 Å². The van der Waals surface area contributed by atoms with Crippen LogP contribution in [0.15, 0.2) is 78.9 Å². The number of fused-ring (bicyclic) bond motifs is 4. The highest BCUT2D eigenvalue weighted by atomic mass is 32.2. The van der Waals surface area contributed by atoms with Crippen molar-refractivity contribution < 1.29 is 33.6 Å². The van der Waals surface area contributed by atoms with Crippen LogP contribution in [0.5, 0.6) is 0 Å². The first-order chi connectivity index (χ1) is 19.0. The van der Waals surface area contributed by atoms with Gasteiger partial charge in [-0.05, 0) is 22.3 Å². The Morgan fingerprint density at radius 3 is 2.26 bits per heavy atom. The molecule has 1 N–H and O–H groups in total. The molecule has 6 rings (SSSR count). The van der Waals surface area contributed by atoms with E-state index in [0.717, 1.165) is 27.8 Å². The number of aliphatic hydroxyl groups is 1. The fraction of sp³-hybridized carbons (Fsp3) is 0.387. The van der Waals surface area contributed by atoms with Crippen LogP contribution in [0.3, 0.4) is 0 Å². The van der Waals surface area contributed by atoms with Gasteiger partial charge in [0.05, 0.1) is 6.61 Å². The predicted molar refractivity (Wildman–Crippen MR) is 147 cm³/mol. The zero-order valence-electron chi connectivity index (χ0n) is 21.8. The lowest BCUT2D eigenvalue weighted by molar-refractivity contribution is -0.319. The molecule has 0 spiro atoms. The molecule has 0 radical (unpaired) electrons. The summed E-state index contributed by atoms with van der Waals surface area (Å²) in [5, 5.41) is 11.5. The monoisotopic (exact) mass is 548 g/mol. The Labute approximate surface area is 232 Å². The number of aliphatic hydroxyl groups excluding tert-OH is 1. The summed E-state index contributed by atoms with van der Waals surface area (Å²) < 4.78 is 29.9. The molecule has 2 heterocycles. The van der Waals surface area contributed by atoms with E-state index in [1.807, 2.05) is 68.4 Å². The second-order valence-electron chi connectivity index (χ2n) is 10.3. The second-order valence-corrected chi connectivity index (χ2v) is 11.9. The van der Waals surface area contributed by atoms with Gasteiger partial charge in [-0.3, -0.25) is 0 Å². The van der Waals surface area contributed by atoms with Crippen LogP contribution >= 0.6 is 11.8 Å². The molecule has 3 aromatic carbocycles. The normalized spacial score (nSPS) is 27.9. The fourth-order valence-corrected chi connectivity index (χ4v) is 6.65. The molecule has 1 aliphatic carbocycles. The molecule has 0 amide bonds. The molecule has 0 aromatic heterocycles. The van der Waals surface area contributed by atoms with Crippen LogP contribution in [0.4, 0.5) is 4.79 Å². The zero-order chi connectivity index (χ0) is 26.9. The van der Waals surface area contributed by atoms with Crippen LogP contribution in [0.2, 0.25) is 0 Å². The zero-order valence-corrected chi connectivity index (χ0v) is 22.7. The van der Waals surface area contributed by atoms with Gasteiger partial charge in [0, 0.05) is 16.7 Å². The van der Waals surface area contributed by atoms with E-state index in [1.165, 1.54) is 11.8 Å². The topological polar surface area (TPSA) is 83.5 Å². The number of carbonyl (C=O) groups excluding carboxylic acids is 1. The third-order valence-corrected chi connectivity index (χ3v) is 8.55. The number of hydrogen-bond acceptors (Lipinski definition) is 8. The molecule has 39 heavy (non-hydrogen) atoms. The molecule has 6 atom stereocenters. The minimum absolute atomic E-state index is 0.0941. The van der Waals surface area contributed by atoms with Crippen molar-refractivity contribution in [2.45, 2.75) is 61.2 Å². The van der Waals surface area contributed by atoms with Crippen molar-refractivity contribution in [2.75, 3.05) is 13.2 Å². The third kappa shape index (κ3) is 5.32. The van der Waals surface area contributed by atoms with Crippen LogP contribution in [-0.2, 0) is 23.7 Å². The van der Waals surface area contributed by atoms with E-state index in [0.29, 0.717) is 0 Å². The molecule has 204 valence electrons. The molecule has 2 saturated heterocycles. The number of hydrogen-bond donors (Lipinski definition) is 1. The van der Waals surface area contributed by atoms with Crippen LogP contribution in [-0.4, -0.2) is 59.6 Å². The van der Waals surface area contributed by atoms with E-state index in [9.17, 15) is 9.90 Å². The van der Waals surface area contributed by atoms with Gasteiger partial charge in [-0.1, -0.05) is 92.7 Å². The fourth-order valence-electron chi connectivity index (χ4n) is 5.59. The van der Waals surface area contributed by atoms with Gasteiger partial charge < -0.3 is 28.8 Å². The maximum atomic E-state index is 13.1.